The van der Waals surface area contributed by atoms with E-state index in [1.807, 2.05) is 13.0 Å². The normalized spacial score (nSPS) is 19.6. The highest BCUT2D eigenvalue weighted by atomic mass is 32.2. The summed E-state index contributed by atoms with van der Waals surface area (Å²) in [6.45, 7) is 3.75. The Hall–Kier alpha value is -2.12. The maximum Gasteiger partial charge on any atom is 0.284 e. The highest BCUT2D eigenvalue weighted by Gasteiger charge is 2.37. The van der Waals surface area contributed by atoms with E-state index in [-0.39, 0.29) is 21.2 Å². The van der Waals surface area contributed by atoms with Gasteiger partial charge in [-0.3, -0.25) is 9.69 Å². The molecule has 0 aliphatic carbocycles. The molecule has 0 saturated carbocycles. The molecule has 0 aromatic heterocycles. The summed E-state index contributed by atoms with van der Waals surface area (Å²) in [6.07, 6.45) is 0.832. The van der Waals surface area contributed by atoms with E-state index in [2.05, 4.69) is 4.40 Å². The fourth-order valence-electron chi connectivity index (χ4n) is 2.47. The smallest absolute Gasteiger partial charge is 0.273 e. The molecule has 1 heterocycles. The van der Waals surface area contributed by atoms with Gasteiger partial charge >= 0.3 is 0 Å². The van der Waals surface area contributed by atoms with Crippen LogP contribution in [-0.2, 0) is 21.2 Å². The van der Waals surface area contributed by atoms with Gasteiger partial charge in [0.15, 0.2) is 5.17 Å². The van der Waals surface area contributed by atoms with Crippen molar-refractivity contribution in [1.29, 1.82) is 0 Å². The highest BCUT2D eigenvalue weighted by Crippen LogP contribution is 2.32. The lowest BCUT2D eigenvalue weighted by Crippen LogP contribution is -2.31. The number of amides is 1. The Morgan fingerprint density at radius 2 is 1.72 bits per heavy atom. The van der Waals surface area contributed by atoms with Gasteiger partial charge in [-0.25, -0.2) is 0 Å². The molecule has 1 fully saturated rings. The third-order valence-electron chi connectivity index (χ3n) is 3.88. The summed E-state index contributed by atoms with van der Waals surface area (Å²) in [4.78, 5) is 13.9. The zero-order valence-corrected chi connectivity index (χ0v) is 15.5. The summed E-state index contributed by atoms with van der Waals surface area (Å²) in [5.41, 5.74) is 1.66. The van der Waals surface area contributed by atoms with Gasteiger partial charge in [0.2, 0.25) is 5.91 Å². The predicted octanol–water partition coefficient (Wildman–Crippen LogP) is 3.46. The quantitative estimate of drug-likeness (QED) is 0.822. The molecule has 1 aliphatic rings. The van der Waals surface area contributed by atoms with Gasteiger partial charge < -0.3 is 0 Å². The second-order valence-corrected chi connectivity index (χ2v) is 8.53. The van der Waals surface area contributed by atoms with Gasteiger partial charge in [0.05, 0.1) is 15.8 Å². The summed E-state index contributed by atoms with van der Waals surface area (Å²) in [5, 5.41) is -0.195. The fourth-order valence-corrected chi connectivity index (χ4v) is 4.63. The standard InChI is InChI=1S/C18H18N2O3S2/c1-3-14-9-11-16(12-10-14)25(22,23)19-18-20(17(21)13(2)24-18)15-7-5-4-6-8-15/h4-13H,3H2,1-2H3/t13-/m0/s1. The van der Waals surface area contributed by atoms with Crippen molar-refractivity contribution in [3.05, 3.63) is 60.2 Å². The number of carbonyl (C=O) groups is 1. The van der Waals surface area contributed by atoms with E-state index in [0.717, 1.165) is 23.7 Å². The summed E-state index contributed by atoms with van der Waals surface area (Å²) >= 11 is 1.15. The van der Waals surface area contributed by atoms with Gasteiger partial charge in [-0.05, 0) is 43.2 Å². The molecule has 7 heteroatoms. The van der Waals surface area contributed by atoms with Crippen LogP contribution in [0.25, 0.3) is 0 Å². The molecule has 3 rings (SSSR count). The first-order chi connectivity index (χ1) is 11.9. The first kappa shape index (κ1) is 17.7. The molecule has 0 unspecified atom stereocenters. The molecule has 0 spiro atoms. The van der Waals surface area contributed by atoms with Crippen LogP contribution in [0.1, 0.15) is 19.4 Å². The van der Waals surface area contributed by atoms with E-state index in [0.29, 0.717) is 5.69 Å². The highest BCUT2D eigenvalue weighted by molar-refractivity contribution is 8.16. The number of anilines is 1. The number of nitrogens with zero attached hydrogens (tertiary/aromatic N) is 2. The van der Waals surface area contributed by atoms with Gasteiger partial charge in [-0.1, -0.05) is 49.0 Å². The van der Waals surface area contributed by atoms with E-state index in [1.165, 1.54) is 4.90 Å². The molecule has 2 aromatic rings. The number of rotatable bonds is 4. The van der Waals surface area contributed by atoms with E-state index in [1.54, 1.807) is 55.5 Å². The number of hydrogen-bond acceptors (Lipinski definition) is 4. The zero-order chi connectivity index (χ0) is 18.0. The van der Waals surface area contributed by atoms with Gasteiger partial charge in [-0.2, -0.15) is 8.42 Å². The molecule has 1 amide bonds. The predicted molar refractivity (Wildman–Crippen MR) is 101 cm³/mol. The number of sulfonamides is 1. The van der Waals surface area contributed by atoms with Gasteiger partial charge in [-0.15, -0.1) is 4.40 Å². The second-order valence-electron chi connectivity index (χ2n) is 5.62. The van der Waals surface area contributed by atoms with Crippen molar-refractivity contribution in [3.8, 4) is 0 Å². The van der Waals surface area contributed by atoms with Crippen LogP contribution in [0.2, 0.25) is 0 Å². The average molecular weight is 374 g/mol. The lowest BCUT2D eigenvalue weighted by Gasteiger charge is -2.15. The molecule has 1 atom stereocenters. The average Bonchev–Trinajstić information content (AvgIpc) is 2.89. The van der Waals surface area contributed by atoms with Crippen molar-refractivity contribution in [3.63, 3.8) is 0 Å². The molecular weight excluding hydrogens is 356 g/mol. The number of benzene rings is 2. The number of aryl methyl sites for hydroxylation is 1. The zero-order valence-electron chi connectivity index (χ0n) is 13.9. The Morgan fingerprint density at radius 1 is 1.08 bits per heavy atom. The Balaban J connectivity index is 2.01. The number of thioether (sulfide) groups is 1. The van der Waals surface area contributed by atoms with E-state index in [9.17, 15) is 13.2 Å². The van der Waals surface area contributed by atoms with Gasteiger partial charge in [0.25, 0.3) is 10.0 Å². The Bertz CT molecular complexity index is 907. The van der Waals surface area contributed by atoms with Crippen molar-refractivity contribution < 1.29 is 13.2 Å². The maximum atomic E-state index is 12.6. The lowest BCUT2D eigenvalue weighted by molar-refractivity contribution is -0.116. The minimum Gasteiger partial charge on any atom is -0.273 e. The molecule has 0 N–H and O–H groups in total. The topological polar surface area (TPSA) is 66.8 Å². The van der Waals surface area contributed by atoms with Crippen LogP contribution >= 0.6 is 11.8 Å². The summed E-state index contributed by atoms with van der Waals surface area (Å²) in [7, 11) is -3.88. The lowest BCUT2D eigenvalue weighted by atomic mass is 10.2. The number of carbonyl (C=O) groups excluding carboxylic acids is 1. The number of amidine groups is 1. The van der Waals surface area contributed by atoms with Crippen LogP contribution in [0.5, 0.6) is 0 Å². The van der Waals surface area contributed by atoms with Crippen LogP contribution in [0.15, 0.2) is 63.9 Å². The van der Waals surface area contributed by atoms with Crippen LogP contribution < -0.4 is 4.90 Å². The van der Waals surface area contributed by atoms with Crippen molar-refractivity contribution in [1.82, 2.24) is 0 Å². The minimum atomic E-state index is -3.88. The molecule has 0 radical (unpaired) electrons. The molecule has 1 aliphatic heterocycles. The molecule has 0 bridgehead atoms. The van der Waals surface area contributed by atoms with Crippen LogP contribution in [0.4, 0.5) is 5.69 Å². The minimum absolute atomic E-state index is 0.123. The Labute approximate surface area is 151 Å². The first-order valence-electron chi connectivity index (χ1n) is 7.92. The maximum absolute atomic E-state index is 12.6. The second kappa shape index (κ2) is 7.01. The number of para-hydroxylation sites is 1. The van der Waals surface area contributed by atoms with E-state index < -0.39 is 10.0 Å². The molecule has 1 saturated heterocycles. The van der Waals surface area contributed by atoms with E-state index >= 15 is 0 Å². The van der Waals surface area contributed by atoms with E-state index in [4.69, 9.17) is 0 Å². The Kier molecular flexibility index (Phi) is 4.96. The molecule has 130 valence electrons. The fraction of sp³-hybridized carbons (Fsp3) is 0.222. The molecule has 25 heavy (non-hydrogen) atoms. The van der Waals surface area contributed by atoms with Gasteiger partial charge in [0, 0.05) is 0 Å². The third kappa shape index (κ3) is 3.62. The van der Waals surface area contributed by atoms with Crippen molar-refractivity contribution >= 4 is 38.5 Å². The number of hydrogen-bond donors (Lipinski definition) is 0. The molecule has 2 aromatic carbocycles. The molecular formula is C18H18N2O3S2. The third-order valence-corrected chi connectivity index (χ3v) is 6.32. The summed E-state index contributed by atoms with van der Waals surface area (Å²) < 4.78 is 29.2. The first-order valence-corrected chi connectivity index (χ1v) is 10.2. The van der Waals surface area contributed by atoms with Crippen molar-refractivity contribution in [2.24, 2.45) is 4.40 Å². The van der Waals surface area contributed by atoms with Crippen LogP contribution in [0, 0.1) is 0 Å². The van der Waals surface area contributed by atoms with Crippen LogP contribution in [-0.4, -0.2) is 24.7 Å². The van der Waals surface area contributed by atoms with Crippen LogP contribution in [0.3, 0.4) is 0 Å². The molecule has 5 nitrogen and oxygen atoms in total. The summed E-state index contributed by atoms with van der Waals surface area (Å²) in [5.74, 6) is -0.175. The largest absolute Gasteiger partial charge is 0.284 e. The van der Waals surface area contributed by atoms with Crippen molar-refractivity contribution in [2.45, 2.75) is 30.4 Å². The summed E-state index contributed by atoms with van der Waals surface area (Å²) in [6, 6.07) is 15.6. The van der Waals surface area contributed by atoms with Gasteiger partial charge in [0.1, 0.15) is 0 Å². The SMILES string of the molecule is CCc1ccc(S(=O)(=O)N=C2S[C@@H](C)C(=O)N2c2ccccc2)cc1. The Morgan fingerprint density at radius 3 is 2.32 bits per heavy atom. The van der Waals surface area contributed by atoms with Crippen molar-refractivity contribution in [2.75, 3.05) is 4.90 Å². The monoisotopic (exact) mass is 374 g/mol.